The average Bonchev–Trinajstić information content (AvgIpc) is 2.21. The van der Waals surface area contributed by atoms with Gasteiger partial charge in [-0.25, -0.2) is 0 Å². The highest BCUT2D eigenvalue weighted by Gasteiger charge is 1.81. The van der Waals surface area contributed by atoms with Gasteiger partial charge < -0.3 is 4.79 Å². The van der Waals surface area contributed by atoms with Gasteiger partial charge in [-0.15, -0.1) is 0 Å². The van der Waals surface area contributed by atoms with Crippen molar-refractivity contribution in [3.63, 3.8) is 0 Å². The number of rotatable bonds is 9. The summed E-state index contributed by atoms with van der Waals surface area (Å²) < 4.78 is 0. The first kappa shape index (κ1) is 13.2. The van der Waals surface area contributed by atoms with Crippen LogP contribution in [0.25, 0.3) is 0 Å². The highest BCUT2D eigenvalue weighted by atomic mass is 16.1. The Bertz CT molecular complexity index is 168. The molecule has 0 N–H and O–H groups in total. The Labute approximate surface area is 87.9 Å². The Morgan fingerprint density at radius 1 is 0.857 bits per heavy atom. The van der Waals surface area contributed by atoms with E-state index < -0.39 is 0 Å². The molecule has 0 unspecified atom stereocenters. The number of aldehydes is 1. The van der Waals surface area contributed by atoms with E-state index in [0.29, 0.717) is 6.42 Å². The van der Waals surface area contributed by atoms with Crippen molar-refractivity contribution in [1.29, 1.82) is 0 Å². The maximum Gasteiger partial charge on any atom is 0.120 e. The molecule has 0 aliphatic rings. The van der Waals surface area contributed by atoms with Crippen molar-refractivity contribution in [2.24, 2.45) is 0 Å². The molecule has 0 aromatic heterocycles. The Hall–Kier alpha value is -0.850. The van der Waals surface area contributed by atoms with Gasteiger partial charge in [0.05, 0.1) is 0 Å². The van der Waals surface area contributed by atoms with Gasteiger partial charge in [-0.3, -0.25) is 0 Å². The van der Waals surface area contributed by atoms with Gasteiger partial charge in [0, 0.05) is 6.42 Å². The molecule has 0 aromatic carbocycles. The summed E-state index contributed by atoms with van der Waals surface area (Å²) in [4.78, 5) is 9.99. The first-order valence-corrected chi connectivity index (χ1v) is 5.65. The maximum absolute atomic E-state index is 9.99. The minimum atomic E-state index is 0.650. The summed E-state index contributed by atoms with van der Waals surface area (Å²) in [5.74, 6) is 0. The fraction of sp³-hybridized carbons (Fsp3) is 0.615. The SMILES string of the molecule is CCCCC/C=C/C/C=C\CCC=O. The fourth-order valence-electron chi connectivity index (χ4n) is 1.18. The maximum atomic E-state index is 9.99. The summed E-state index contributed by atoms with van der Waals surface area (Å²) in [5, 5.41) is 0. The normalized spacial score (nSPS) is 11.5. The summed E-state index contributed by atoms with van der Waals surface area (Å²) in [5.41, 5.74) is 0. The summed E-state index contributed by atoms with van der Waals surface area (Å²) >= 11 is 0. The number of allylic oxidation sites excluding steroid dienone is 4. The largest absolute Gasteiger partial charge is 0.303 e. The second-order valence-electron chi connectivity index (χ2n) is 3.42. The van der Waals surface area contributed by atoms with E-state index >= 15 is 0 Å². The van der Waals surface area contributed by atoms with Gasteiger partial charge in [0.25, 0.3) is 0 Å². The predicted octanol–water partition coefficient (Wildman–Crippen LogP) is 4.05. The third kappa shape index (κ3) is 11.2. The van der Waals surface area contributed by atoms with E-state index in [2.05, 4.69) is 31.2 Å². The minimum Gasteiger partial charge on any atom is -0.303 e. The molecule has 1 heteroatoms. The molecule has 0 saturated carbocycles. The Balaban J connectivity index is 3.17. The van der Waals surface area contributed by atoms with Gasteiger partial charge in [-0.1, -0.05) is 44.1 Å². The Morgan fingerprint density at radius 2 is 1.57 bits per heavy atom. The Kier molecular flexibility index (Phi) is 11.4. The molecule has 0 rings (SSSR count). The molecule has 0 saturated heterocycles. The van der Waals surface area contributed by atoms with Gasteiger partial charge in [0.15, 0.2) is 0 Å². The van der Waals surface area contributed by atoms with Gasteiger partial charge in [-0.2, -0.15) is 0 Å². The van der Waals surface area contributed by atoms with Gasteiger partial charge >= 0.3 is 0 Å². The van der Waals surface area contributed by atoms with Gasteiger partial charge in [-0.05, 0) is 25.7 Å². The van der Waals surface area contributed by atoms with Crippen LogP contribution in [0.15, 0.2) is 24.3 Å². The molecule has 0 radical (unpaired) electrons. The molecule has 0 spiro atoms. The first-order valence-electron chi connectivity index (χ1n) is 5.65. The van der Waals surface area contributed by atoms with E-state index in [9.17, 15) is 4.79 Å². The summed E-state index contributed by atoms with van der Waals surface area (Å²) in [7, 11) is 0. The molecule has 0 aliphatic carbocycles. The highest BCUT2D eigenvalue weighted by molar-refractivity contribution is 5.49. The molecule has 80 valence electrons. The summed E-state index contributed by atoms with van der Waals surface area (Å²) in [6.45, 7) is 2.22. The van der Waals surface area contributed by atoms with E-state index in [1.54, 1.807) is 0 Å². The number of hydrogen-bond acceptors (Lipinski definition) is 1. The van der Waals surface area contributed by atoms with Crippen LogP contribution in [0.2, 0.25) is 0 Å². The van der Waals surface area contributed by atoms with Crippen LogP contribution in [-0.4, -0.2) is 6.29 Å². The van der Waals surface area contributed by atoms with Crippen molar-refractivity contribution in [2.75, 3.05) is 0 Å². The molecule has 14 heavy (non-hydrogen) atoms. The number of carbonyl (C=O) groups excluding carboxylic acids is 1. The number of hydrogen-bond donors (Lipinski definition) is 0. The second-order valence-corrected chi connectivity index (χ2v) is 3.42. The van der Waals surface area contributed by atoms with Crippen LogP contribution in [-0.2, 0) is 4.79 Å². The molecule has 1 nitrogen and oxygen atoms in total. The lowest BCUT2D eigenvalue weighted by Crippen LogP contribution is -1.71. The van der Waals surface area contributed by atoms with E-state index in [-0.39, 0.29) is 0 Å². The monoisotopic (exact) mass is 194 g/mol. The van der Waals surface area contributed by atoms with Crippen molar-refractivity contribution in [3.8, 4) is 0 Å². The fourth-order valence-corrected chi connectivity index (χ4v) is 1.18. The smallest absolute Gasteiger partial charge is 0.120 e. The van der Waals surface area contributed by atoms with Crippen molar-refractivity contribution in [2.45, 2.75) is 51.9 Å². The zero-order chi connectivity index (χ0) is 10.5. The molecular weight excluding hydrogens is 172 g/mol. The van der Waals surface area contributed by atoms with Crippen LogP contribution in [0.1, 0.15) is 51.9 Å². The van der Waals surface area contributed by atoms with Crippen LogP contribution in [0.5, 0.6) is 0 Å². The molecular formula is C13H22O. The zero-order valence-corrected chi connectivity index (χ0v) is 9.24. The molecule has 0 amide bonds. The minimum absolute atomic E-state index is 0.650. The molecule has 0 aromatic rings. The summed E-state index contributed by atoms with van der Waals surface area (Å²) in [6.07, 6.45) is 17.3. The quantitative estimate of drug-likeness (QED) is 0.307. The average molecular weight is 194 g/mol. The lowest BCUT2D eigenvalue weighted by molar-refractivity contribution is -0.107. The third-order valence-corrected chi connectivity index (χ3v) is 2.03. The van der Waals surface area contributed by atoms with E-state index in [1.807, 2.05) is 0 Å². The Morgan fingerprint density at radius 3 is 2.21 bits per heavy atom. The topological polar surface area (TPSA) is 17.1 Å². The van der Waals surface area contributed by atoms with Gasteiger partial charge in [0.1, 0.15) is 6.29 Å². The standard InChI is InChI=1S/C13H22O/c1-2-3-4-5-6-7-8-9-10-11-12-13-14/h6-7,9-10,13H,2-5,8,11-12H2,1H3/b7-6+,10-9-. The lowest BCUT2D eigenvalue weighted by Gasteiger charge is -1.90. The van der Waals surface area contributed by atoms with Crippen LogP contribution in [0, 0.1) is 0 Å². The van der Waals surface area contributed by atoms with E-state index in [1.165, 1.54) is 25.7 Å². The third-order valence-electron chi connectivity index (χ3n) is 2.03. The number of unbranched alkanes of at least 4 members (excludes halogenated alkanes) is 4. The van der Waals surface area contributed by atoms with E-state index in [0.717, 1.165) is 19.1 Å². The lowest BCUT2D eigenvalue weighted by atomic mass is 10.2. The van der Waals surface area contributed by atoms with Gasteiger partial charge in [0.2, 0.25) is 0 Å². The van der Waals surface area contributed by atoms with Crippen molar-refractivity contribution >= 4 is 6.29 Å². The van der Waals surface area contributed by atoms with Crippen LogP contribution in [0.4, 0.5) is 0 Å². The molecule has 0 aliphatic heterocycles. The summed E-state index contributed by atoms with van der Waals surface area (Å²) in [6, 6.07) is 0. The van der Waals surface area contributed by atoms with Crippen LogP contribution >= 0.6 is 0 Å². The molecule has 0 atom stereocenters. The van der Waals surface area contributed by atoms with Crippen LogP contribution < -0.4 is 0 Å². The van der Waals surface area contributed by atoms with Crippen molar-refractivity contribution < 1.29 is 4.79 Å². The molecule has 0 bridgehead atoms. The van der Waals surface area contributed by atoms with Crippen molar-refractivity contribution in [1.82, 2.24) is 0 Å². The second kappa shape index (κ2) is 12.2. The number of carbonyl (C=O) groups is 1. The molecule has 0 fully saturated rings. The molecule has 0 heterocycles. The highest BCUT2D eigenvalue weighted by Crippen LogP contribution is 2.00. The van der Waals surface area contributed by atoms with Crippen molar-refractivity contribution in [3.05, 3.63) is 24.3 Å². The zero-order valence-electron chi connectivity index (χ0n) is 9.24. The first-order chi connectivity index (χ1) is 6.91. The van der Waals surface area contributed by atoms with Crippen LogP contribution in [0.3, 0.4) is 0 Å². The predicted molar refractivity (Wildman–Crippen MR) is 62.3 cm³/mol. The van der Waals surface area contributed by atoms with E-state index in [4.69, 9.17) is 0 Å².